The predicted octanol–water partition coefficient (Wildman–Crippen LogP) is -0.679. The van der Waals surface area contributed by atoms with Crippen molar-refractivity contribution in [3.05, 3.63) is 28.8 Å². The summed E-state index contributed by atoms with van der Waals surface area (Å²) in [5.41, 5.74) is -0.0935. The molecule has 0 amide bonds. The Morgan fingerprint density at radius 3 is 2.94 bits per heavy atom. The van der Waals surface area contributed by atoms with Crippen molar-refractivity contribution in [2.24, 2.45) is 0 Å². The van der Waals surface area contributed by atoms with E-state index < -0.39 is 15.7 Å². The molecule has 86 valence electrons. The van der Waals surface area contributed by atoms with Crippen molar-refractivity contribution in [1.82, 2.24) is 19.3 Å². The molecule has 0 saturated carbocycles. The summed E-state index contributed by atoms with van der Waals surface area (Å²) in [6.07, 6.45) is 1.24. The van der Waals surface area contributed by atoms with E-state index in [4.69, 9.17) is 0 Å². The summed E-state index contributed by atoms with van der Waals surface area (Å²) >= 11 is 0. The van der Waals surface area contributed by atoms with Gasteiger partial charge in [0.2, 0.25) is 10.0 Å². The van der Waals surface area contributed by atoms with Gasteiger partial charge in [-0.2, -0.15) is 5.10 Å². The number of aromatic nitrogens is 3. The quantitative estimate of drug-likeness (QED) is 0.745. The molecule has 0 fully saturated rings. The summed E-state index contributed by atoms with van der Waals surface area (Å²) < 4.78 is 26.8. The van der Waals surface area contributed by atoms with Gasteiger partial charge in [-0.3, -0.25) is 0 Å². The van der Waals surface area contributed by atoms with Gasteiger partial charge >= 0.3 is 5.69 Å². The second kappa shape index (κ2) is 3.72. The Morgan fingerprint density at radius 2 is 2.25 bits per heavy atom. The number of sulfonamides is 1. The van der Waals surface area contributed by atoms with E-state index >= 15 is 0 Å². The van der Waals surface area contributed by atoms with Crippen molar-refractivity contribution < 1.29 is 8.42 Å². The average Bonchev–Trinajstić information content (AvgIpc) is 2.60. The number of H-pyrrole nitrogens is 1. The van der Waals surface area contributed by atoms with Crippen LogP contribution in [0.25, 0.3) is 5.65 Å². The standard InChI is InChI=1S/C8H10N4O3S/c1-2-9-16(14,15)6-3-4-7-10-11-8(13)12(7)5-6/h3-5,9H,2H2,1H3,(H,11,13). The fourth-order valence-corrected chi connectivity index (χ4v) is 2.36. The van der Waals surface area contributed by atoms with Crippen molar-refractivity contribution >= 4 is 15.7 Å². The highest BCUT2D eigenvalue weighted by molar-refractivity contribution is 7.89. The molecule has 0 saturated heterocycles. The highest BCUT2D eigenvalue weighted by atomic mass is 32.2. The maximum Gasteiger partial charge on any atom is 0.347 e. The molecule has 16 heavy (non-hydrogen) atoms. The summed E-state index contributed by atoms with van der Waals surface area (Å²) in [5.74, 6) is 0. The highest BCUT2D eigenvalue weighted by Gasteiger charge is 2.13. The smallest absolute Gasteiger partial charge is 0.249 e. The van der Waals surface area contributed by atoms with E-state index in [0.717, 1.165) is 4.40 Å². The second-order valence-electron chi connectivity index (χ2n) is 3.12. The van der Waals surface area contributed by atoms with Gasteiger partial charge in [-0.1, -0.05) is 6.92 Å². The van der Waals surface area contributed by atoms with Crippen molar-refractivity contribution in [3.63, 3.8) is 0 Å². The molecule has 0 radical (unpaired) electrons. The van der Waals surface area contributed by atoms with Crippen molar-refractivity contribution in [2.45, 2.75) is 11.8 Å². The summed E-state index contributed by atoms with van der Waals surface area (Å²) in [6.45, 7) is 1.97. The highest BCUT2D eigenvalue weighted by Crippen LogP contribution is 2.08. The van der Waals surface area contributed by atoms with Crippen molar-refractivity contribution in [2.75, 3.05) is 6.54 Å². The Labute approximate surface area is 91.2 Å². The lowest BCUT2D eigenvalue weighted by atomic mass is 10.5. The molecule has 2 aromatic heterocycles. The third kappa shape index (κ3) is 1.72. The molecule has 0 aliphatic rings. The van der Waals surface area contributed by atoms with Crippen LogP contribution in [0.4, 0.5) is 0 Å². The predicted molar refractivity (Wildman–Crippen MR) is 56.7 cm³/mol. The third-order valence-corrected chi connectivity index (χ3v) is 3.56. The molecule has 0 bridgehead atoms. The first-order chi connectivity index (χ1) is 7.54. The van der Waals surface area contributed by atoms with Gasteiger partial charge < -0.3 is 0 Å². The molecule has 2 rings (SSSR count). The molecule has 2 aromatic rings. The van der Waals surface area contributed by atoms with E-state index in [0.29, 0.717) is 12.2 Å². The largest absolute Gasteiger partial charge is 0.347 e. The third-order valence-electron chi connectivity index (χ3n) is 2.03. The molecular formula is C8H10N4O3S. The van der Waals surface area contributed by atoms with E-state index in [1.54, 1.807) is 6.92 Å². The molecule has 2 heterocycles. The van der Waals surface area contributed by atoms with Gasteiger partial charge in [-0.15, -0.1) is 0 Å². The molecule has 0 spiro atoms. The van der Waals surface area contributed by atoms with E-state index in [9.17, 15) is 13.2 Å². The van der Waals surface area contributed by atoms with Crippen LogP contribution in [0.2, 0.25) is 0 Å². The molecule has 0 unspecified atom stereocenters. The molecule has 0 atom stereocenters. The first-order valence-electron chi connectivity index (χ1n) is 4.61. The Balaban J connectivity index is 2.63. The zero-order chi connectivity index (χ0) is 11.8. The fraction of sp³-hybridized carbons (Fsp3) is 0.250. The molecule has 0 aliphatic heterocycles. The minimum Gasteiger partial charge on any atom is -0.249 e. The summed E-state index contributed by atoms with van der Waals surface area (Å²) in [7, 11) is -3.55. The SMILES string of the molecule is CCNS(=O)(=O)c1ccc2n[nH]c(=O)n2c1. The maximum atomic E-state index is 11.7. The fourth-order valence-electron chi connectivity index (χ4n) is 1.32. The molecule has 8 heteroatoms. The Hall–Kier alpha value is -1.67. The lowest BCUT2D eigenvalue weighted by molar-refractivity contribution is 0.583. The van der Waals surface area contributed by atoms with Gasteiger partial charge in [0, 0.05) is 12.7 Å². The number of nitrogens with zero attached hydrogens (tertiary/aromatic N) is 2. The first-order valence-corrected chi connectivity index (χ1v) is 6.09. The average molecular weight is 242 g/mol. The monoisotopic (exact) mass is 242 g/mol. The summed E-state index contributed by atoms with van der Waals surface area (Å²) in [6, 6.07) is 2.86. The minimum absolute atomic E-state index is 0.0327. The summed E-state index contributed by atoms with van der Waals surface area (Å²) in [5, 5.41) is 5.93. The normalized spacial score (nSPS) is 12.1. The van der Waals surface area contributed by atoms with Gasteiger partial charge in [0.1, 0.15) is 0 Å². The molecule has 0 aromatic carbocycles. The number of rotatable bonds is 3. The number of hydrogen-bond acceptors (Lipinski definition) is 4. The van der Waals surface area contributed by atoms with Gasteiger partial charge in [0.25, 0.3) is 0 Å². The lowest BCUT2D eigenvalue weighted by Gasteiger charge is -2.03. The first kappa shape index (κ1) is 10.8. The number of pyridine rings is 1. The lowest BCUT2D eigenvalue weighted by Crippen LogP contribution is -2.24. The van der Waals surface area contributed by atoms with Gasteiger partial charge in [-0.05, 0) is 12.1 Å². The zero-order valence-electron chi connectivity index (χ0n) is 8.47. The van der Waals surface area contributed by atoms with Crippen LogP contribution >= 0.6 is 0 Å². The van der Waals surface area contributed by atoms with Crippen LogP contribution in [-0.4, -0.2) is 29.6 Å². The number of nitrogens with one attached hydrogen (secondary N) is 2. The van der Waals surface area contributed by atoms with Crippen LogP contribution in [0.1, 0.15) is 6.92 Å². The second-order valence-corrected chi connectivity index (χ2v) is 4.89. The van der Waals surface area contributed by atoms with E-state index in [1.165, 1.54) is 18.3 Å². The van der Waals surface area contributed by atoms with Crippen LogP contribution in [0, 0.1) is 0 Å². The Bertz CT molecular complexity index is 670. The summed E-state index contributed by atoms with van der Waals surface area (Å²) in [4.78, 5) is 11.3. The van der Waals surface area contributed by atoms with E-state index in [2.05, 4.69) is 14.9 Å². The molecular weight excluding hydrogens is 232 g/mol. The van der Waals surface area contributed by atoms with Crippen molar-refractivity contribution in [1.29, 1.82) is 0 Å². The Kier molecular flexibility index (Phi) is 2.52. The Morgan fingerprint density at radius 1 is 1.50 bits per heavy atom. The molecule has 2 N–H and O–H groups in total. The minimum atomic E-state index is -3.55. The maximum absolute atomic E-state index is 11.7. The van der Waals surface area contributed by atoms with Gasteiger partial charge in [0.15, 0.2) is 5.65 Å². The molecule has 0 aliphatic carbocycles. The van der Waals surface area contributed by atoms with Crippen LogP contribution in [0.5, 0.6) is 0 Å². The van der Waals surface area contributed by atoms with Crippen LogP contribution < -0.4 is 10.4 Å². The van der Waals surface area contributed by atoms with E-state index in [1.807, 2.05) is 0 Å². The number of hydrogen-bond donors (Lipinski definition) is 2. The molecule has 7 nitrogen and oxygen atoms in total. The van der Waals surface area contributed by atoms with Crippen LogP contribution in [-0.2, 0) is 10.0 Å². The number of fused-ring (bicyclic) bond motifs is 1. The van der Waals surface area contributed by atoms with Crippen LogP contribution in [0.3, 0.4) is 0 Å². The van der Waals surface area contributed by atoms with Crippen molar-refractivity contribution in [3.8, 4) is 0 Å². The topological polar surface area (TPSA) is 96.3 Å². The zero-order valence-corrected chi connectivity index (χ0v) is 9.28. The van der Waals surface area contributed by atoms with Crippen LogP contribution in [0.15, 0.2) is 28.0 Å². The van der Waals surface area contributed by atoms with Gasteiger partial charge in [-0.25, -0.2) is 27.4 Å². The van der Waals surface area contributed by atoms with E-state index in [-0.39, 0.29) is 4.90 Å². The number of aromatic amines is 1. The van der Waals surface area contributed by atoms with Gasteiger partial charge in [0.05, 0.1) is 4.90 Å².